The second kappa shape index (κ2) is 4.31. The minimum absolute atomic E-state index is 0.150. The lowest BCUT2D eigenvalue weighted by molar-refractivity contribution is 0.772. The van der Waals surface area contributed by atoms with Gasteiger partial charge in [0.25, 0.3) is 0 Å². The summed E-state index contributed by atoms with van der Waals surface area (Å²) in [6.45, 7) is 2.10. The zero-order valence-corrected chi connectivity index (χ0v) is 8.86. The summed E-state index contributed by atoms with van der Waals surface area (Å²) in [4.78, 5) is 0. The zero-order chi connectivity index (χ0) is 7.49. The van der Waals surface area contributed by atoms with Crippen LogP contribution in [0.25, 0.3) is 0 Å². The van der Waals surface area contributed by atoms with Crippen LogP contribution in [0.5, 0.6) is 0 Å². The molecule has 1 atom stereocenters. The maximum atomic E-state index is 4.26. The molecule has 0 rings (SSSR count). The van der Waals surface area contributed by atoms with Gasteiger partial charge in [-0.05, 0) is 6.42 Å². The third kappa shape index (κ3) is 4.76. The predicted octanol–water partition coefficient (Wildman–Crippen LogP) is 2.53. The van der Waals surface area contributed by atoms with E-state index < -0.39 is 3.41 Å². The van der Waals surface area contributed by atoms with Crippen molar-refractivity contribution in [2.75, 3.05) is 0 Å². The molecule has 0 nitrogen and oxygen atoms in total. The minimum Gasteiger partial charge on any atom is -0.173 e. The van der Waals surface area contributed by atoms with Crippen molar-refractivity contribution in [2.45, 2.75) is 28.4 Å². The summed E-state index contributed by atoms with van der Waals surface area (Å²) in [6, 6.07) is 0. The minimum atomic E-state index is -0.543. The van der Waals surface area contributed by atoms with Crippen molar-refractivity contribution < 1.29 is 0 Å². The van der Waals surface area contributed by atoms with Gasteiger partial charge in [0.2, 0.25) is 0 Å². The van der Waals surface area contributed by atoms with Crippen LogP contribution in [0.4, 0.5) is 0 Å². The highest BCUT2D eigenvalue weighted by Gasteiger charge is 2.22. The summed E-state index contributed by atoms with van der Waals surface area (Å²) in [5.74, 6) is 0. The molecule has 0 heterocycles. The van der Waals surface area contributed by atoms with E-state index in [-0.39, 0.29) is 5.25 Å². The fourth-order valence-electron chi connectivity index (χ4n) is 0.467. The van der Waals surface area contributed by atoms with Crippen molar-refractivity contribution in [3.63, 3.8) is 0 Å². The Morgan fingerprint density at radius 1 is 1.33 bits per heavy atom. The molecule has 0 radical (unpaired) electrons. The van der Waals surface area contributed by atoms with E-state index in [0.717, 1.165) is 12.8 Å². The van der Waals surface area contributed by atoms with Crippen molar-refractivity contribution in [1.29, 1.82) is 0 Å². The Balaban J connectivity index is 3.59. The number of thiol groups is 4. The second-order valence-corrected chi connectivity index (χ2v) is 5.79. The predicted molar refractivity (Wildman–Crippen MR) is 57.4 cm³/mol. The van der Waals surface area contributed by atoms with Gasteiger partial charge in [0.05, 0.1) is 0 Å². The van der Waals surface area contributed by atoms with Gasteiger partial charge in [-0.25, -0.2) is 0 Å². The third-order valence-corrected chi connectivity index (χ3v) is 3.20. The molecule has 0 aliphatic carbocycles. The Hall–Kier alpha value is 1.40. The van der Waals surface area contributed by atoms with Gasteiger partial charge >= 0.3 is 0 Å². The zero-order valence-electron chi connectivity index (χ0n) is 5.28. The maximum absolute atomic E-state index is 4.26. The fraction of sp³-hybridized carbons (Fsp3) is 1.00. The van der Waals surface area contributed by atoms with E-state index in [1.54, 1.807) is 0 Å². The summed E-state index contributed by atoms with van der Waals surface area (Å²) in [6.07, 6.45) is 2.09. The van der Waals surface area contributed by atoms with Gasteiger partial charge in [-0.3, -0.25) is 0 Å². The average Bonchev–Trinajstić information content (AvgIpc) is 1.64. The van der Waals surface area contributed by atoms with E-state index in [1.807, 2.05) is 0 Å². The molecule has 0 bridgehead atoms. The Morgan fingerprint density at radius 3 is 1.89 bits per heavy atom. The molecule has 0 aromatic carbocycles. The van der Waals surface area contributed by atoms with E-state index in [9.17, 15) is 0 Å². The quantitative estimate of drug-likeness (QED) is 0.391. The molecule has 0 saturated heterocycles. The summed E-state index contributed by atoms with van der Waals surface area (Å²) >= 11 is 16.7. The highest BCUT2D eigenvalue weighted by Crippen LogP contribution is 2.34. The molecule has 0 spiro atoms. The van der Waals surface area contributed by atoms with Crippen LogP contribution in [0, 0.1) is 0 Å². The number of rotatable bonds is 3. The number of hydrogen-bond acceptors (Lipinski definition) is 4. The van der Waals surface area contributed by atoms with Crippen LogP contribution in [0.2, 0.25) is 0 Å². The Labute approximate surface area is 78.8 Å². The van der Waals surface area contributed by atoms with Gasteiger partial charge in [0.15, 0.2) is 0 Å². The summed E-state index contributed by atoms with van der Waals surface area (Å²) in [5.41, 5.74) is 0. The van der Waals surface area contributed by atoms with Crippen molar-refractivity contribution in [3.8, 4) is 0 Å². The summed E-state index contributed by atoms with van der Waals surface area (Å²) < 4.78 is -0.543. The lowest BCUT2D eigenvalue weighted by Crippen LogP contribution is -2.19. The first kappa shape index (κ1) is 10.4. The summed E-state index contributed by atoms with van der Waals surface area (Å²) in [5, 5.41) is 0.150. The van der Waals surface area contributed by atoms with Gasteiger partial charge in [-0.1, -0.05) is 13.3 Å². The van der Waals surface area contributed by atoms with Gasteiger partial charge < -0.3 is 0 Å². The summed E-state index contributed by atoms with van der Waals surface area (Å²) in [7, 11) is 0. The molecule has 4 heteroatoms. The Morgan fingerprint density at radius 2 is 1.78 bits per heavy atom. The first-order valence-corrected chi connectivity index (χ1v) is 4.69. The monoisotopic (exact) mass is 200 g/mol. The fourth-order valence-corrected chi connectivity index (χ4v) is 1.11. The normalized spacial score (nSPS) is 15.7. The second-order valence-electron chi connectivity index (χ2n) is 1.99. The van der Waals surface area contributed by atoms with Gasteiger partial charge in [0.1, 0.15) is 3.41 Å². The van der Waals surface area contributed by atoms with Crippen LogP contribution in [-0.2, 0) is 0 Å². The smallest absolute Gasteiger partial charge is 0.110 e. The van der Waals surface area contributed by atoms with Crippen LogP contribution >= 0.6 is 50.5 Å². The van der Waals surface area contributed by atoms with Crippen LogP contribution in [0.15, 0.2) is 0 Å². The van der Waals surface area contributed by atoms with Crippen molar-refractivity contribution in [3.05, 3.63) is 0 Å². The number of hydrogen-bond donors (Lipinski definition) is 4. The molecule has 0 aromatic rings. The van der Waals surface area contributed by atoms with Crippen LogP contribution in [-0.4, -0.2) is 8.66 Å². The van der Waals surface area contributed by atoms with Gasteiger partial charge in [-0.2, -0.15) is 50.5 Å². The van der Waals surface area contributed by atoms with Crippen molar-refractivity contribution in [1.82, 2.24) is 0 Å². The Bertz CT molecular complexity index is 75.5. The molecule has 1 unspecified atom stereocenters. The molecule has 0 aliphatic heterocycles. The first-order chi connectivity index (χ1) is 3.98. The molecular weight excluding hydrogens is 188 g/mol. The maximum Gasteiger partial charge on any atom is 0.110 e. The van der Waals surface area contributed by atoms with Crippen LogP contribution < -0.4 is 0 Å². The molecule has 56 valence electrons. The van der Waals surface area contributed by atoms with Crippen molar-refractivity contribution in [2.24, 2.45) is 0 Å². The van der Waals surface area contributed by atoms with E-state index in [0.29, 0.717) is 0 Å². The van der Waals surface area contributed by atoms with E-state index in [1.165, 1.54) is 0 Å². The van der Waals surface area contributed by atoms with Gasteiger partial charge in [-0.15, -0.1) is 0 Å². The lowest BCUT2D eigenvalue weighted by atomic mass is 10.3. The average molecular weight is 200 g/mol. The van der Waals surface area contributed by atoms with E-state index >= 15 is 0 Å². The first-order valence-electron chi connectivity index (χ1n) is 2.83. The molecule has 0 aliphatic rings. The van der Waals surface area contributed by atoms with E-state index in [2.05, 4.69) is 57.4 Å². The molecule has 0 aromatic heterocycles. The molecule has 0 amide bonds. The molecular formula is C5H12S4. The van der Waals surface area contributed by atoms with Gasteiger partial charge in [0, 0.05) is 5.25 Å². The SMILES string of the molecule is CCCC(S)C(S)(S)S. The standard InChI is InChI=1S/C5H12S4/c1-2-3-4(6)5(7,8)9/h4,6-9H,2-3H2,1H3. The topological polar surface area (TPSA) is 0 Å². The highest BCUT2D eigenvalue weighted by atomic mass is 32.2. The van der Waals surface area contributed by atoms with E-state index in [4.69, 9.17) is 0 Å². The Kier molecular flexibility index (Phi) is 4.98. The highest BCUT2D eigenvalue weighted by molar-refractivity contribution is 8.18. The molecule has 0 fully saturated rings. The third-order valence-electron chi connectivity index (χ3n) is 1.01. The largest absolute Gasteiger partial charge is 0.173 e. The van der Waals surface area contributed by atoms with Crippen LogP contribution in [0.1, 0.15) is 19.8 Å². The van der Waals surface area contributed by atoms with Crippen LogP contribution in [0.3, 0.4) is 0 Å². The molecule has 0 saturated carbocycles. The molecule has 0 N–H and O–H groups in total. The lowest BCUT2D eigenvalue weighted by Gasteiger charge is -2.22. The molecule has 9 heavy (non-hydrogen) atoms. The van der Waals surface area contributed by atoms with Crippen molar-refractivity contribution >= 4 is 50.5 Å².